The van der Waals surface area contributed by atoms with E-state index in [0.717, 1.165) is 48.1 Å². The van der Waals surface area contributed by atoms with Crippen LogP contribution < -0.4 is 16.4 Å². The second kappa shape index (κ2) is 7.93. The molecule has 0 amide bonds. The Morgan fingerprint density at radius 1 is 1.13 bits per heavy atom. The van der Waals surface area contributed by atoms with Crippen LogP contribution in [-0.4, -0.2) is 33.0 Å². The number of nitrogen functional groups attached to an aromatic ring is 1. The van der Waals surface area contributed by atoms with E-state index in [4.69, 9.17) is 23.1 Å². The number of pyridine rings is 2. The van der Waals surface area contributed by atoms with E-state index in [0.29, 0.717) is 10.8 Å². The number of aryl methyl sites for hydroxylation is 1. The fourth-order valence-corrected chi connectivity index (χ4v) is 5.62. The molecule has 4 heterocycles. The summed E-state index contributed by atoms with van der Waals surface area (Å²) in [6.45, 7) is 3.90. The second-order valence-electron chi connectivity index (χ2n) is 8.38. The molecule has 2 aliphatic rings. The molecule has 0 aromatic carbocycles. The molecule has 7 nitrogen and oxygen atoms in total. The zero-order valence-electron chi connectivity index (χ0n) is 17.3. The molecule has 5 rings (SSSR count). The van der Waals surface area contributed by atoms with Crippen molar-refractivity contribution in [3.63, 3.8) is 0 Å². The van der Waals surface area contributed by atoms with Crippen LogP contribution in [0.4, 0.5) is 11.6 Å². The molecule has 3 aromatic rings. The average Bonchev–Trinajstić information content (AvgIpc) is 3.04. The zero-order chi connectivity index (χ0) is 21.6. The highest BCUT2D eigenvalue weighted by Gasteiger charge is 2.46. The number of aromatic nitrogens is 4. The van der Waals surface area contributed by atoms with Crippen molar-refractivity contribution in [2.24, 2.45) is 11.1 Å². The van der Waals surface area contributed by atoms with E-state index >= 15 is 0 Å². The fourth-order valence-electron chi connectivity index (χ4n) is 4.64. The van der Waals surface area contributed by atoms with Gasteiger partial charge in [-0.25, -0.2) is 15.0 Å². The van der Waals surface area contributed by atoms with Crippen LogP contribution in [0.15, 0.2) is 46.8 Å². The highest BCUT2D eigenvalue weighted by Crippen LogP contribution is 2.50. The van der Waals surface area contributed by atoms with Crippen molar-refractivity contribution in [3.05, 3.63) is 58.8 Å². The van der Waals surface area contributed by atoms with Crippen LogP contribution in [0.2, 0.25) is 5.02 Å². The molecule has 0 unspecified atom stereocenters. The van der Waals surface area contributed by atoms with Crippen LogP contribution >= 0.6 is 23.4 Å². The summed E-state index contributed by atoms with van der Waals surface area (Å²) in [5.74, 6) is 1.20. The van der Waals surface area contributed by atoms with Crippen LogP contribution in [0.25, 0.3) is 0 Å². The Morgan fingerprint density at radius 3 is 2.68 bits per heavy atom. The van der Waals surface area contributed by atoms with Gasteiger partial charge in [0.1, 0.15) is 16.7 Å². The lowest BCUT2D eigenvalue weighted by molar-refractivity contribution is 0.186. The number of piperidine rings is 1. The van der Waals surface area contributed by atoms with E-state index in [9.17, 15) is 0 Å². The van der Waals surface area contributed by atoms with Gasteiger partial charge in [0.15, 0.2) is 0 Å². The van der Waals surface area contributed by atoms with Crippen LogP contribution in [0.1, 0.15) is 35.7 Å². The Kier molecular flexibility index (Phi) is 5.24. The van der Waals surface area contributed by atoms with E-state index in [1.54, 1.807) is 12.4 Å². The van der Waals surface area contributed by atoms with E-state index in [-0.39, 0.29) is 11.5 Å². The number of rotatable bonds is 3. The van der Waals surface area contributed by atoms with Crippen molar-refractivity contribution in [1.82, 2.24) is 19.9 Å². The van der Waals surface area contributed by atoms with Crippen molar-refractivity contribution in [2.45, 2.75) is 42.1 Å². The largest absolute Gasteiger partial charge is 0.382 e. The predicted molar refractivity (Wildman–Crippen MR) is 123 cm³/mol. The lowest BCUT2D eigenvalue weighted by atomic mass is 9.73. The van der Waals surface area contributed by atoms with Gasteiger partial charge in [0.2, 0.25) is 0 Å². The topological polar surface area (TPSA) is 107 Å². The number of nitrogens with zero attached hydrogens (tertiary/aromatic N) is 5. The normalized spacial score (nSPS) is 19.6. The third-order valence-corrected chi connectivity index (χ3v) is 7.94. The van der Waals surface area contributed by atoms with Gasteiger partial charge in [-0.1, -0.05) is 29.4 Å². The molecule has 1 aliphatic carbocycles. The summed E-state index contributed by atoms with van der Waals surface area (Å²) in [6.07, 6.45) is 10.2. The predicted octanol–water partition coefficient (Wildman–Crippen LogP) is 3.80. The highest BCUT2D eigenvalue weighted by molar-refractivity contribution is 7.99. The molecule has 4 N–H and O–H groups in total. The molecule has 0 bridgehead atoms. The summed E-state index contributed by atoms with van der Waals surface area (Å²) in [7, 11) is 0. The van der Waals surface area contributed by atoms with Crippen molar-refractivity contribution in [2.75, 3.05) is 23.7 Å². The van der Waals surface area contributed by atoms with Crippen LogP contribution in [0, 0.1) is 12.3 Å². The van der Waals surface area contributed by atoms with Gasteiger partial charge in [-0.2, -0.15) is 0 Å². The fraction of sp³-hybridized carbons (Fsp3) is 0.364. The maximum atomic E-state index is 6.71. The highest BCUT2D eigenvalue weighted by atomic mass is 35.5. The molecule has 3 aromatic heterocycles. The summed E-state index contributed by atoms with van der Waals surface area (Å²) < 4.78 is 0. The monoisotopic (exact) mass is 453 g/mol. The van der Waals surface area contributed by atoms with Gasteiger partial charge >= 0.3 is 0 Å². The quantitative estimate of drug-likeness (QED) is 0.616. The molecular formula is C22H24ClN7S. The molecule has 1 fully saturated rings. The molecule has 1 atom stereocenters. The Morgan fingerprint density at radius 2 is 1.94 bits per heavy atom. The van der Waals surface area contributed by atoms with Gasteiger partial charge in [-0.3, -0.25) is 4.98 Å². The first-order chi connectivity index (χ1) is 14.9. The Hall–Kier alpha value is -2.42. The van der Waals surface area contributed by atoms with Crippen molar-refractivity contribution >= 4 is 35.0 Å². The number of hydrogen-bond acceptors (Lipinski definition) is 8. The zero-order valence-corrected chi connectivity index (χ0v) is 18.8. The summed E-state index contributed by atoms with van der Waals surface area (Å²) in [5.41, 5.74) is 16.2. The number of hydrogen-bond donors (Lipinski definition) is 2. The van der Waals surface area contributed by atoms with Gasteiger partial charge in [0.25, 0.3) is 0 Å². The summed E-state index contributed by atoms with van der Waals surface area (Å²) in [5, 5.41) is 1.21. The summed E-state index contributed by atoms with van der Waals surface area (Å²) in [4.78, 5) is 21.0. The SMILES string of the molecule is Cc1cnc2c(c1)[C@@H](N)C1(CCN(c3cnc(Sc4ccnc(N)c4Cl)cn3)CC1)C2. The van der Waals surface area contributed by atoms with E-state index in [2.05, 4.69) is 37.8 Å². The standard InChI is InChI=1S/C22H24ClN7S/c1-13-8-14-15(27-10-13)9-22(20(14)24)3-6-30(7-4-22)17-11-29-18(12-28-17)31-16-2-5-26-21(25)19(16)23/h2,5,8,10-12,20H,3-4,6-7,9,24H2,1H3,(H2,25,26)/t20-/m1/s1. The molecule has 1 saturated heterocycles. The first-order valence-corrected chi connectivity index (χ1v) is 11.5. The van der Waals surface area contributed by atoms with E-state index in [1.807, 2.05) is 18.5 Å². The molecule has 0 saturated carbocycles. The first-order valence-electron chi connectivity index (χ1n) is 10.3. The Labute approximate surface area is 190 Å². The van der Waals surface area contributed by atoms with Gasteiger partial charge in [-0.15, -0.1) is 0 Å². The smallest absolute Gasteiger partial charge is 0.147 e. The lowest BCUT2D eigenvalue weighted by Gasteiger charge is -2.42. The van der Waals surface area contributed by atoms with Gasteiger partial charge in [-0.05, 0) is 48.8 Å². The van der Waals surface area contributed by atoms with Crippen molar-refractivity contribution < 1.29 is 0 Å². The second-order valence-corrected chi connectivity index (χ2v) is 9.82. The summed E-state index contributed by atoms with van der Waals surface area (Å²) >= 11 is 7.66. The van der Waals surface area contributed by atoms with Gasteiger partial charge in [0.05, 0.1) is 17.4 Å². The average molecular weight is 454 g/mol. The van der Waals surface area contributed by atoms with Crippen molar-refractivity contribution in [3.8, 4) is 0 Å². The lowest BCUT2D eigenvalue weighted by Crippen LogP contribution is -2.44. The molecule has 9 heteroatoms. The Balaban J connectivity index is 1.26. The molecule has 1 spiro atoms. The van der Waals surface area contributed by atoms with Crippen LogP contribution in [0.3, 0.4) is 0 Å². The number of fused-ring (bicyclic) bond motifs is 1. The minimum Gasteiger partial charge on any atom is -0.382 e. The number of halogens is 1. The third-order valence-electron chi connectivity index (χ3n) is 6.45. The molecule has 1 aliphatic heterocycles. The van der Waals surface area contributed by atoms with Crippen LogP contribution in [-0.2, 0) is 6.42 Å². The Bertz CT molecular complexity index is 1110. The molecular weight excluding hydrogens is 430 g/mol. The third kappa shape index (κ3) is 3.73. The minimum atomic E-state index is 0.0551. The molecule has 31 heavy (non-hydrogen) atoms. The maximum Gasteiger partial charge on any atom is 0.147 e. The van der Waals surface area contributed by atoms with Crippen LogP contribution in [0.5, 0.6) is 0 Å². The van der Waals surface area contributed by atoms with E-state index in [1.165, 1.54) is 28.6 Å². The number of anilines is 2. The first kappa shape index (κ1) is 20.5. The summed E-state index contributed by atoms with van der Waals surface area (Å²) in [6, 6.07) is 4.08. The number of nitrogens with two attached hydrogens (primary N) is 2. The van der Waals surface area contributed by atoms with Crippen molar-refractivity contribution in [1.29, 1.82) is 0 Å². The molecule has 160 valence electrons. The molecule has 0 radical (unpaired) electrons. The minimum absolute atomic E-state index is 0.0551. The van der Waals surface area contributed by atoms with Gasteiger partial charge in [0, 0.05) is 42.1 Å². The maximum absolute atomic E-state index is 6.71. The van der Waals surface area contributed by atoms with Gasteiger partial charge < -0.3 is 16.4 Å². The van der Waals surface area contributed by atoms with E-state index < -0.39 is 0 Å².